The van der Waals surface area contributed by atoms with E-state index in [1.807, 2.05) is 17.0 Å². The summed E-state index contributed by atoms with van der Waals surface area (Å²) in [5.74, 6) is 1.13. The van der Waals surface area contributed by atoms with Crippen molar-refractivity contribution in [2.45, 2.75) is 32.4 Å². The maximum Gasteiger partial charge on any atom is 0.263 e. The van der Waals surface area contributed by atoms with Crippen molar-refractivity contribution in [1.29, 1.82) is 0 Å². The van der Waals surface area contributed by atoms with Gasteiger partial charge in [0.05, 0.1) is 11.6 Å². The first-order chi connectivity index (χ1) is 10.1. The van der Waals surface area contributed by atoms with E-state index in [1.165, 1.54) is 0 Å². The minimum absolute atomic E-state index is 0.0179. The van der Waals surface area contributed by atoms with Crippen LogP contribution in [0.15, 0.2) is 16.6 Å². The second-order valence-corrected chi connectivity index (χ2v) is 5.96. The molecule has 0 saturated carbocycles. The third kappa shape index (κ3) is 3.68. The van der Waals surface area contributed by atoms with E-state index in [-0.39, 0.29) is 5.91 Å². The molecule has 1 saturated heterocycles. The van der Waals surface area contributed by atoms with Gasteiger partial charge in [-0.05, 0) is 53.4 Å². The molecule has 0 spiro atoms. The van der Waals surface area contributed by atoms with Crippen LogP contribution in [0.3, 0.4) is 0 Å². The maximum atomic E-state index is 12.3. The highest BCUT2D eigenvalue weighted by molar-refractivity contribution is 9.10. The number of hydrogen-bond acceptors (Lipinski definition) is 4. The van der Waals surface area contributed by atoms with Gasteiger partial charge in [0.25, 0.3) is 5.91 Å². The second-order valence-electron chi connectivity index (χ2n) is 5.11. The molecule has 1 fully saturated rings. The number of nitrogens with two attached hydrogens (primary N) is 1. The highest BCUT2D eigenvalue weighted by Gasteiger charge is 2.26. The van der Waals surface area contributed by atoms with E-state index in [0.717, 1.165) is 36.0 Å². The van der Waals surface area contributed by atoms with Crippen molar-refractivity contribution in [1.82, 2.24) is 4.90 Å². The van der Waals surface area contributed by atoms with Gasteiger partial charge in [0.15, 0.2) is 17.6 Å². The Morgan fingerprint density at radius 3 is 2.67 bits per heavy atom. The van der Waals surface area contributed by atoms with Crippen LogP contribution < -0.4 is 15.2 Å². The van der Waals surface area contributed by atoms with Crippen LogP contribution >= 0.6 is 15.9 Å². The predicted octanol–water partition coefficient (Wildman–Crippen LogP) is 2.31. The van der Waals surface area contributed by atoms with Gasteiger partial charge in [-0.25, -0.2) is 0 Å². The molecule has 6 heteroatoms. The van der Waals surface area contributed by atoms with Crippen LogP contribution in [0.1, 0.15) is 25.3 Å². The molecule has 5 nitrogen and oxygen atoms in total. The van der Waals surface area contributed by atoms with E-state index in [1.54, 1.807) is 14.0 Å². The van der Waals surface area contributed by atoms with Gasteiger partial charge in [-0.2, -0.15) is 0 Å². The van der Waals surface area contributed by atoms with Crippen molar-refractivity contribution in [3.63, 3.8) is 0 Å². The topological polar surface area (TPSA) is 64.8 Å². The second kappa shape index (κ2) is 7.13. The number of amides is 1. The molecular formula is C15H21BrN2O3. The number of ether oxygens (including phenoxy) is 2. The Morgan fingerprint density at radius 1 is 1.43 bits per heavy atom. The summed E-state index contributed by atoms with van der Waals surface area (Å²) >= 11 is 3.46. The first kappa shape index (κ1) is 16.1. The van der Waals surface area contributed by atoms with Gasteiger partial charge in [-0.15, -0.1) is 0 Å². The molecule has 0 bridgehead atoms. The van der Waals surface area contributed by atoms with Crippen molar-refractivity contribution < 1.29 is 14.3 Å². The molecule has 21 heavy (non-hydrogen) atoms. The van der Waals surface area contributed by atoms with Crippen molar-refractivity contribution in [3.8, 4) is 11.5 Å². The molecule has 1 aliphatic rings. The number of rotatable bonds is 5. The summed E-state index contributed by atoms with van der Waals surface area (Å²) in [6.07, 6.45) is 1.59. The third-order valence-electron chi connectivity index (χ3n) is 3.59. The summed E-state index contributed by atoms with van der Waals surface area (Å²) in [4.78, 5) is 14.2. The number of carbonyl (C=O) groups excluding carboxylic acids is 1. The van der Waals surface area contributed by atoms with Gasteiger partial charge in [0.1, 0.15) is 0 Å². The Kier molecular flexibility index (Phi) is 5.47. The maximum absolute atomic E-state index is 12.3. The first-order valence-corrected chi connectivity index (χ1v) is 7.88. The fourth-order valence-corrected chi connectivity index (χ4v) is 3.01. The number of benzene rings is 1. The third-order valence-corrected chi connectivity index (χ3v) is 4.17. The van der Waals surface area contributed by atoms with Crippen LogP contribution in [-0.2, 0) is 11.3 Å². The first-order valence-electron chi connectivity index (χ1n) is 7.08. The molecule has 1 aromatic rings. The van der Waals surface area contributed by atoms with Crippen LogP contribution in [0.5, 0.6) is 11.5 Å². The number of carbonyl (C=O) groups is 1. The summed E-state index contributed by atoms with van der Waals surface area (Å²) in [5, 5.41) is 0. The van der Waals surface area contributed by atoms with Crippen LogP contribution in [0.25, 0.3) is 0 Å². The minimum Gasteiger partial charge on any atom is -0.493 e. The van der Waals surface area contributed by atoms with Gasteiger partial charge in [0.2, 0.25) is 0 Å². The molecule has 1 aromatic carbocycles. The fraction of sp³-hybridized carbons (Fsp3) is 0.533. The van der Waals surface area contributed by atoms with Crippen LogP contribution in [-0.4, -0.2) is 37.1 Å². The fourth-order valence-electron chi connectivity index (χ4n) is 2.43. The summed E-state index contributed by atoms with van der Waals surface area (Å²) in [7, 11) is 1.57. The predicted molar refractivity (Wildman–Crippen MR) is 84.5 cm³/mol. The molecule has 1 heterocycles. The van der Waals surface area contributed by atoms with E-state index >= 15 is 0 Å². The molecule has 0 aliphatic carbocycles. The average Bonchev–Trinajstić information content (AvgIpc) is 3.02. The zero-order chi connectivity index (χ0) is 15.4. The normalized spacial score (nSPS) is 15.9. The van der Waals surface area contributed by atoms with Crippen LogP contribution in [0.4, 0.5) is 0 Å². The van der Waals surface area contributed by atoms with E-state index in [9.17, 15) is 4.79 Å². The van der Waals surface area contributed by atoms with Crippen LogP contribution in [0.2, 0.25) is 0 Å². The number of hydrogen-bond donors (Lipinski definition) is 1. The minimum atomic E-state index is -0.544. The number of methoxy groups -OCH3 is 1. The van der Waals surface area contributed by atoms with Gasteiger partial charge in [-0.1, -0.05) is 0 Å². The van der Waals surface area contributed by atoms with Gasteiger partial charge >= 0.3 is 0 Å². The van der Waals surface area contributed by atoms with Gasteiger partial charge in [0, 0.05) is 19.6 Å². The molecule has 2 rings (SSSR count). The standard InChI is InChI=1S/C15H21BrN2O3/c1-10(15(19)18-5-3-4-6-18)21-14-12(16)7-11(9-17)8-13(14)20-2/h7-8,10H,3-6,9,17H2,1-2H3. The van der Waals surface area contributed by atoms with Crippen molar-refractivity contribution >= 4 is 21.8 Å². The lowest BCUT2D eigenvalue weighted by atomic mass is 10.2. The zero-order valence-corrected chi connectivity index (χ0v) is 14.0. The Balaban J connectivity index is 2.16. The monoisotopic (exact) mass is 356 g/mol. The van der Waals surface area contributed by atoms with Crippen molar-refractivity contribution in [2.24, 2.45) is 5.73 Å². The summed E-state index contributed by atoms with van der Waals surface area (Å²) in [6.45, 7) is 3.81. The lowest BCUT2D eigenvalue weighted by molar-refractivity contribution is -0.136. The molecule has 0 radical (unpaired) electrons. The van der Waals surface area contributed by atoms with Gasteiger partial charge in [-0.3, -0.25) is 4.79 Å². The highest BCUT2D eigenvalue weighted by Crippen LogP contribution is 2.37. The van der Waals surface area contributed by atoms with E-state index < -0.39 is 6.10 Å². The summed E-state index contributed by atoms with van der Waals surface area (Å²) in [6, 6.07) is 3.71. The molecule has 1 atom stereocenters. The Hall–Kier alpha value is -1.27. The van der Waals surface area contributed by atoms with Crippen molar-refractivity contribution in [3.05, 3.63) is 22.2 Å². The van der Waals surface area contributed by atoms with Crippen molar-refractivity contribution in [2.75, 3.05) is 20.2 Å². The average molecular weight is 357 g/mol. The van der Waals surface area contributed by atoms with Crippen LogP contribution in [0, 0.1) is 0 Å². The molecule has 1 unspecified atom stereocenters. The quantitative estimate of drug-likeness (QED) is 0.878. The molecule has 1 aliphatic heterocycles. The molecule has 2 N–H and O–H groups in total. The van der Waals surface area contributed by atoms with E-state index in [0.29, 0.717) is 18.0 Å². The lowest BCUT2D eigenvalue weighted by Gasteiger charge is -2.23. The summed E-state index contributed by atoms with van der Waals surface area (Å²) in [5.41, 5.74) is 6.58. The SMILES string of the molecule is COc1cc(CN)cc(Br)c1OC(C)C(=O)N1CCCC1. The number of nitrogens with zero attached hydrogens (tertiary/aromatic N) is 1. The molecule has 1 amide bonds. The molecule has 116 valence electrons. The van der Waals surface area contributed by atoms with Gasteiger partial charge < -0.3 is 20.1 Å². The molecule has 0 aromatic heterocycles. The molecular weight excluding hydrogens is 336 g/mol. The highest BCUT2D eigenvalue weighted by atomic mass is 79.9. The number of halogens is 1. The number of likely N-dealkylation sites (tertiary alicyclic amines) is 1. The Labute approximate surface area is 133 Å². The summed E-state index contributed by atoms with van der Waals surface area (Å²) < 4.78 is 11.9. The lowest BCUT2D eigenvalue weighted by Crippen LogP contribution is -2.38. The zero-order valence-electron chi connectivity index (χ0n) is 12.4. The van der Waals surface area contributed by atoms with E-state index in [2.05, 4.69) is 15.9 Å². The smallest absolute Gasteiger partial charge is 0.263 e. The Morgan fingerprint density at radius 2 is 2.10 bits per heavy atom. The largest absolute Gasteiger partial charge is 0.493 e. The Bertz CT molecular complexity index is 516. The van der Waals surface area contributed by atoms with E-state index in [4.69, 9.17) is 15.2 Å².